The maximum absolute atomic E-state index is 12.9. The molecule has 5 heteroatoms. The van der Waals surface area contributed by atoms with E-state index in [9.17, 15) is 4.39 Å². The number of halogens is 1. The molecule has 1 aromatic carbocycles. The topological polar surface area (TPSA) is 27.7 Å². The van der Waals surface area contributed by atoms with Gasteiger partial charge in [0.2, 0.25) is 0 Å². The highest BCUT2D eigenvalue weighted by Crippen LogP contribution is 2.36. The van der Waals surface area contributed by atoms with Crippen LogP contribution in [0, 0.1) is 17.7 Å². The quantitative estimate of drug-likeness (QED) is 0.388. The molecule has 0 aliphatic carbocycles. The Morgan fingerprint density at radius 2 is 1.88 bits per heavy atom. The molecule has 0 amide bonds. The molecule has 0 N–H and O–H groups in total. The monoisotopic (exact) mass is 378 g/mol. The van der Waals surface area contributed by atoms with Gasteiger partial charge in [-0.15, -0.1) is 0 Å². The molecule has 1 saturated heterocycles. The smallest absolute Gasteiger partial charge is 0.192 e. The van der Waals surface area contributed by atoms with Gasteiger partial charge in [-0.3, -0.25) is 0 Å². The molecule has 2 rings (SSSR count). The van der Waals surface area contributed by atoms with Crippen molar-refractivity contribution in [3.63, 3.8) is 0 Å². The highest BCUT2D eigenvalue weighted by Gasteiger charge is 2.36. The Bertz CT molecular complexity index is 625. The Morgan fingerprint density at radius 3 is 2.54 bits per heavy atom. The summed E-state index contributed by atoms with van der Waals surface area (Å²) in [6.07, 6.45) is 2.62. The summed E-state index contributed by atoms with van der Waals surface area (Å²) in [7, 11) is -1.68. The molecule has 144 valence electrons. The Kier molecular flexibility index (Phi) is 7.28. The zero-order chi connectivity index (χ0) is 19.2. The first-order chi connectivity index (χ1) is 12.2. The molecule has 1 heterocycles. The first kappa shape index (κ1) is 21.0. The van der Waals surface area contributed by atoms with Gasteiger partial charge in [0, 0.05) is 13.0 Å². The number of hydrogen-bond donors (Lipinski definition) is 0. The number of benzene rings is 1. The Labute approximate surface area is 158 Å². The molecule has 1 aliphatic heterocycles. The van der Waals surface area contributed by atoms with Crippen LogP contribution in [-0.4, -0.2) is 33.7 Å². The van der Waals surface area contributed by atoms with Gasteiger partial charge in [-0.25, -0.2) is 4.39 Å². The largest absolute Gasteiger partial charge is 0.491 e. The maximum atomic E-state index is 12.9. The van der Waals surface area contributed by atoms with Crippen molar-refractivity contribution >= 4 is 8.32 Å². The summed E-state index contributed by atoms with van der Waals surface area (Å²) in [5, 5.41) is 0.229. The molecule has 26 heavy (non-hydrogen) atoms. The third kappa shape index (κ3) is 6.42. The normalized spacial score (nSPS) is 20.5. The van der Waals surface area contributed by atoms with E-state index < -0.39 is 8.32 Å². The van der Waals surface area contributed by atoms with Crippen LogP contribution in [0.5, 0.6) is 5.75 Å². The van der Waals surface area contributed by atoms with Crippen molar-refractivity contribution in [1.82, 2.24) is 0 Å². The van der Waals surface area contributed by atoms with Crippen molar-refractivity contribution in [2.45, 2.75) is 70.4 Å². The van der Waals surface area contributed by atoms with E-state index in [0.717, 1.165) is 19.3 Å². The van der Waals surface area contributed by atoms with Crippen LogP contribution < -0.4 is 4.74 Å². The minimum Gasteiger partial charge on any atom is -0.491 e. The van der Waals surface area contributed by atoms with Crippen LogP contribution in [0.4, 0.5) is 4.39 Å². The lowest BCUT2D eigenvalue weighted by Crippen LogP contribution is -2.40. The van der Waals surface area contributed by atoms with Crippen molar-refractivity contribution < 1.29 is 18.3 Å². The number of hydrogen-bond acceptors (Lipinski definition) is 3. The second-order valence-electron chi connectivity index (χ2n) is 8.27. The van der Waals surface area contributed by atoms with Gasteiger partial charge >= 0.3 is 0 Å². The van der Waals surface area contributed by atoms with Crippen molar-refractivity contribution in [3.05, 3.63) is 30.1 Å². The van der Waals surface area contributed by atoms with Crippen molar-refractivity contribution in [1.29, 1.82) is 0 Å². The summed E-state index contributed by atoms with van der Waals surface area (Å²) in [6.45, 7) is 12.4. The van der Waals surface area contributed by atoms with E-state index in [2.05, 4.69) is 45.7 Å². The van der Waals surface area contributed by atoms with E-state index >= 15 is 0 Å². The van der Waals surface area contributed by atoms with Crippen LogP contribution in [0.25, 0.3) is 0 Å². The molecule has 1 aliphatic rings. The van der Waals surface area contributed by atoms with Crippen molar-refractivity contribution in [3.8, 4) is 17.6 Å². The minimum atomic E-state index is -1.68. The van der Waals surface area contributed by atoms with Crippen LogP contribution in [0.2, 0.25) is 18.1 Å². The molecule has 2 atom stereocenters. The minimum absolute atomic E-state index is 0.0234. The van der Waals surface area contributed by atoms with Gasteiger partial charge in [0.05, 0.1) is 6.10 Å². The SMILES string of the molecule is CC(C)(C)[Si](C)(C)OCCC#CC1CC[C@@H](COc2ccc(F)cc2)O1. The third-order valence-electron chi connectivity index (χ3n) is 5.12. The van der Waals surface area contributed by atoms with Gasteiger partial charge in [-0.05, 0) is 55.2 Å². The summed E-state index contributed by atoms with van der Waals surface area (Å²) in [6, 6.07) is 6.05. The number of ether oxygens (including phenoxy) is 2. The summed E-state index contributed by atoms with van der Waals surface area (Å²) < 4.78 is 30.6. The van der Waals surface area contributed by atoms with Gasteiger partial charge in [0.25, 0.3) is 0 Å². The van der Waals surface area contributed by atoms with Crippen molar-refractivity contribution in [2.24, 2.45) is 0 Å². The van der Waals surface area contributed by atoms with Crippen LogP contribution in [-0.2, 0) is 9.16 Å². The molecule has 0 aromatic heterocycles. The van der Waals surface area contributed by atoms with Crippen LogP contribution in [0.3, 0.4) is 0 Å². The maximum Gasteiger partial charge on any atom is 0.192 e. The molecule has 1 fully saturated rings. The Hall–Kier alpha value is -1.35. The Morgan fingerprint density at radius 1 is 1.19 bits per heavy atom. The molecule has 0 radical (unpaired) electrons. The second kappa shape index (κ2) is 9.03. The van der Waals surface area contributed by atoms with E-state index in [4.69, 9.17) is 13.9 Å². The van der Waals surface area contributed by atoms with Crippen molar-refractivity contribution in [2.75, 3.05) is 13.2 Å². The molecule has 1 unspecified atom stereocenters. The lowest BCUT2D eigenvalue weighted by Gasteiger charge is -2.35. The van der Waals surface area contributed by atoms with Gasteiger partial charge in [-0.1, -0.05) is 32.6 Å². The summed E-state index contributed by atoms with van der Waals surface area (Å²) in [4.78, 5) is 0. The second-order valence-corrected chi connectivity index (χ2v) is 13.1. The summed E-state index contributed by atoms with van der Waals surface area (Å²) in [5.74, 6) is 6.79. The molecule has 0 spiro atoms. The first-order valence-corrected chi connectivity index (χ1v) is 12.2. The average molecular weight is 379 g/mol. The lowest BCUT2D eigenvalue weighted by molar-refractivity contribution is 0.0419. The van der Waals surface area contributed by atoms with E-state index in [1.54, 1.807) is 12.1 Å². The third-order valence-corrected chi connectivity index (χ3v) is 9.65. The van der Waals surface area contributed by atoms with Gasteiger partial charge < -0.3 is 13.9 Å². The first-order valence-electron chi connectivity index (χ1n) is 9.33. The molecular weight excluding hydrogens is 347 g/mol. The summed E-state index contributed by atoms with van der Waals surface area (Å²) >= 11 is 0. The fourth-order valence-corrected chi connectivity index (χ4v) is 3.46. The van der Waals surface area contributed by atoms with Crippen LogP contribution >= 0.6 is 0 Å². The molecule has 0 bridgehead atoms. The van der Waals surface area contributed by atoms with Gasteiger partial charge in [0.1, 0.15) is 24.3 Å². The average Bonchev–Trinajstić information content (AvgIpc) is 3.01. The predicted molar refractivity (Wildman–Crippen MR) is 105 cm³/mol. The standard InChI is InChI=1S/C21H31FO3Si/c1-21(2,3)26(4,5)24-15-7-6-8-19-13-14-20(25-19)16-23-18-11-9-17(22)10-12-18/h9-12,19-20H,7,13-16H2,1-5H3/t19?,20-/m0/s1. The van der Waals surface area contributed by atoms with Gasteiger partial charge in [-0.2, -0.15) is 0 Å². The molecule has 3 nitrogen and oxygen atoms in total. The van der Waals surface area contributed by atoms with Gasteiger partial charge in [0.15, 0.2) is 8.32 Å². The van der Waals surface area contributed by atoms with E-state index in [-0.39, 0.29) is 23.1 Å². The van der Waals surface area contributed by atoms with E-state index in [0.29, 0.717) is 19.0 Å². The highest BCUT2D eigenvalue weighted by molar-refractivity contribution is 6.74. The highest BCUT2D eigenvalue weighted by atomic mass is 28.4. The van der Waals surface area contributed by atoms with E-state index in [1.807, 2.05) is 0 Å². The lowest BCUT2D eigenvalue weighted by atomic mass is 10.2. The zero-order valence-corrected chi connectivity index (χ0v) is 17.6. The zero-order valence-electron chi connectivity index (χ0n) is 16.6. The molecular formula is C21H31FO3Si. The fourth-order valence-electron chi connectivity index (χ4n) is 2.41. The number of rotatable bonds is 6. The Balaban J connectivity index is 1.66. The molecule has 1 aromatic rings. The predicted octanol–water partition coefficient (Wildman–Crippen LogP) is 5.17. The fraction of sp³-hybridized carbons (Fsp3) is 0.619. The van der Waals surface area contributed by atoms with Crippen LogP contribution in [0.1, 0.15) is 40.0 Å². The summed E-state index contributed by atoms with van der Waals surface area (Å²) in [5.41, 5.74) is 0. The molecule has 0 saturated carbocycles. The van der Waals surface area contributed by atoms with E-state index in [1.165, 1.54) is 12.1 Å². The van der Waals surface area contributed by atoms with Crippen LogP contribution in [0.15, 0.2) is 24.3 Å².